The molecule has 0 rings (SSSR count). The van der Waals surface area contributed by atoms with E-state index < -0.39 is 0 Å². The minimum Gasteiger partial charge on any atom is -0.312 e. The van der Waals surface area contributed by atoms with Gasteiger partial charge in [0.2, 0.25) is 0 Å². The zero-order valence-electron chi connectivity index (χ0n) is 11.1. The number of hydrogen-bond donors (Lipinski definition) is 1. The number of nitrogens with one attached hydrogen (secondary N) is 1. The smallest absolute Gasteiger partial charge is 0.0122 e. The van der Waals surface area contributed by atoms with Crippen molar-refractivity contribution in [2.75, 3.05) is 20.1 Å². The molecule has 0 bridgehead atoms. The van der Waals surface area contributed by atoms with Gasteiger partial charge in [-0.1, -0.05) is 0 Å². The third kappa shape index (κ3) is 7.34. The van der Waals surface area contributed by atoms with Crippen LogP contribution in [0.25, 0.3) is 0 Å². The fraction of sp³-hybridized carbons (Fsp3) is 1.00. The SMILES string of the molecule is CN(CCCNC(C)(C)C)C(C)(C)C. The molecule has 0 aliphatic heterocycles. The van der Waals surface area contributed by atoms with Crippen LogP contribution < -0.4 is 5.32 Å². The first kappa shape index (κ1) is 13.9. The number of hydrogen-bond acceptors (Lipinski definition) is 2. The van der Waals surface area contributed by atoms with Gasteiger partial charge < -0.3 is 10.2 Å². The van der Waals surface area contributed by atoms with Crippen LogP contribution >= 0.6 is 0 Å². The predicted octanol–water partition coefficient (Wildman–Crippen LogP) is 2.49. The molecule has 0 aromatic rings. The summed E-state index contributed by atoms with van der Waals surface area (Å²) in [5.74, 6) is 0. The minimum atomic E-state index is 0.250. The van der Waals surface area contributed by atoms with Crippen LogP contribution in [0.3, 0.4) is 0 Å². The first-order chi connectivity index (χ1) is 6.13. The highest BCUT2D eigenvalue weighted by atomic mass is 15.2. The average Bonchev–Trinajstić information content (AvgIpc) is 1.93. The van der Waals surface area contributed by atoms with Crippen molar-refractivity contribution in [3.8, 4) is 0 Å². The Morgan fingerprint density at radius 1 is 1.00 bits per heavy atom. The van der Waals surface area contributed by atoms with Gasteiger partial charge in [0.15, 0.2) is 0 Å². The fourth-order valence-electron chi connectivity index (χ4n) is 1.12. The van der Waals surface area contributed by atoms with Gasteiger partial charge in [-0.3, -0.25) is 0 Å². The fourth-order valence-corrected chi connectivity index (χ4v) is 1.12. The summed E-state index contributed by atoms with van der Waals surface area (Å²) in [5, 5.41) is 3.50. The van der Waals surface area contributed by atoms with Crippen molar-refractivity contribution in [3.05, 3.63) is 0 Å². The molecule has 2 heteroatoms. The lowest BCUT2D eigenvalue weighted by molar-refractivity contribution is 0.172. The third-order valence-electron chi connectivity index (χ3n) is 2.47. The Balaban J connectivity index is 3.56. The van der Waals surface area contributed by atoms with Crippen LogP contribution in [0, 0.1) is 0 Å². The van der Waals surface area contributed by atoms with E-state index in [-0.39, 0.29) is 5.54 Å². The van der Waals surface area contributed by atoms with Crippen LogP contribution in [0.1, 0.15) is 48.0 Å². The highest BCUT2D eigenvalue weighted by Crippen LogP contribution is 2.10. The second-order valence-corrected chi connectivity index (χ2v) is 6.12. The van der Waals surface area contributed by atoms with E-state index in [0.29, 0.717) is 5.54 Å². The molecular weight excluding hydrogens is 172 g/mol. The monoisotopic (exact) mass is 200 g/mol. The summed E-state index contributed by atoms with van der Waals surface area (Å²) in [4.78, 5) is 2.40. The Hall–Kier alpha value is -0.0800. The van der Waals surface area contributed by atoms with E-state index in [4.69, 9.17) is 0 Å². The van der Waals surface area contributed by atoms with E-state index in [1.165, 1.54) is 6.42 Å². The Morgan fingerprint density at radius 3 is 1.86 bits per heavy atom. The molecule has 0 radical (unpaired) electrons. The van der Waals surface area contributed by atoms with Gasteiger partial charge in [-0.05, 0) is 68.1 Å². The third-order valence-corrected chi connectivity index (χ3v) is 2.47. The van der Waals surface area contributed by atoms with Gasteiger partial charge in [0, 0.05) is 11.1 Å². The second kappa shape index (κ2) is 5.13. The zero-order valence-corrected chi connectivity index (χ0v) is 11.1. The Labute approximate surface area is 90.1 Å². The Bertz CT molecular complexity index is 151. The normalized spacial score (nSPS) is 13.7. The van der Waals surface area contributed by atoms with Crippen molar-refractivity contribution in [2.24, 2.45) is 0 Å². The standard InChI is InChI=1S/C12H28N2/c1-11(2,3)13-9-8-10-14(7)12(4,5)6/h13H,8-10H2,1-7H3. The zero-order chi connectivity index (χ0) is 11.4. The van der Waals surface area contributed by atoms with Crippen LogP contribution in [-0.2, 0) is 0 Å². The van der Waals surface area contributed by atoms with E-state index in [1.807, 2.05) is 0 Å². The molecule has 1 N–H and O–H groups in total. The summed E-state index contributed by atoms with van der Waals surface area (Å²) in [7, 11) is 2.19. The highest BCUT2D eigenvalue weighted by Gasteiger charge is 2.16. The molecule has 0 aliphatic carbocycles. The molecule has 86 valence electrons. The molecule has 0 amide bonds. The summed E-state index contributed by atoms with van der Waals surface area (Å²) >= 11 is 0. The van der Waals surface area contributed by atoms with Crippen LogP contribution in [0.2, 0.25) is 0 Å². The molecule has 14 heavy (non-hydrogen) atoms. The van der Waals surface area contributed by atoms with Crippen molar-refractivity contribution in [1.82, 2.24) is 10.2 Å². The van der Waals surface area contributed by atoms with E-state index >= 15 is 0 Å². The molecule has 0 saturated carbocycles. The number of nitrogens with zero attached hydrogens (tertiary/aromatic N) is 1. The summed E-state index contributed by atoms with van der Waals surface area (Å²) in [6.45, 7) is 15.6. The van der Waals surface area contributed by atoms with Crippen molar-refractivity contribution < 1.29 is 0 Å². The van der Waals surface area contributed by atoms with Crippen LogP contribution in [0.5, 0.6) is 0 Å². The van der Waals surface area contributed by atoms with E-state index in [2.05, 4.69) is 58.8 Å². The Morgan fingerprint density at radius 2 is 1.50 bits per heavy atom. The molecule has 0 atom stereocenters. The molecule has 0 spiro atoms. The van der Waals surface area contributed by atoms with E-state index in [0.717, 1.165) is 13.1 Å². The predicted molar refractivity (Wildman–Crippen MR) is 64.8 cm³/mol. The lowest BCUT2D eigenvalue weighted by Gasteiger charge is -2.32. The summed E-state index contributed by atoms with van der Waals surface area (Å²) in [6.07, 6.45) is 1.21. The van der Waals surface area contributed by atoms with Gasteiger partial charge in [0.25, 0.3) is 0 Å². The van der Waals surface area contributed by atoms with Gasteiger partial charge in [-0.25, -0.2) is 0 Å². The first-order valence-corrected chi connectivity index (χ1v) is 5.59. The summed E-state index contributed by atoms with van der Waals surface area (Å²) in [6, 6.07) is 0. The lowest BCUT2D eigenvalue weighted by atomic mass is 10.1. The van der Waals surface area contributed by atoms with Gasteiger partial charge in [-0.2, -0.15) is 0 Å². The highest BCUT2D eigenvalue weighted by molar-refractivity contribution is 4.74. The maximum Gasteiger partial charge on any atom is 0.0122 e. The molecule has 0 aromatic heterocycles. The van der Waals surface area contributed by atoms with Gasteiger partial charge in [0.05, 0.1) is 0 Å². The number of rotatable bonds is 4. The van der Waals surface area contributed by atoms with Gasteiger partial charge in [0.1, 0.15) is 0 Å². The molecule has 0 heterocycles. The van der Waals surface area contributed by atoms with E-state index in [9.17, 15) is 0 Å². The maximum atomic E-state index is 3.50. The van der Waals surface area contributed by atoms with E-state index in [1.54, 1.807) is 0 Å². The second-order valence-electron chi connectivity index (χ2n) is 6.12. The molecule has 0 unspecified atom stereocenters. The van der Waals surface area contributed by atoms with Crippen LogP contribution in [-0.4, -0.2) is 36.1 Å². The minimum absolute atomic E-state index is 0.250. The summed E-state index contributed by atoms with van der Waals surface area (Å²) in [5.41, 5.74) is 0.544. The van der Waals surface area contributed by atoms with Crippen molar-refractivity contribution in [3.63, 3.8) is 0 Å². The lowest BCUT2D eigenvalue weighted by Crippen LogP contribution is -2.41. The molecule has 0 fully saturated rings. The quantitative estimate of drug-likeness (QED) is 0.701. The maximum absolute atomic E-state index is 3.50. The first-order valence-electron chi connectivity index (χ1n) is 5.59. The van der Waals surface area contributed by atoms with Crippen molar-refractivity contribution >= 4 is 0 Å². The van der Waals surface area contributed by atoms with Crippen LogP contribution in [0.15, 0.2) is 0 Å². The summed E-state index contributed by atoms with van der Waals surface area (Å²) < 4.78 is 0. The van der Waals surface area contributed by atoms with Gasteiger partial charge >= 0.3 is 0 Å². The van der Waals surface area contributed by atoms with Crippen molar-refractivity contribution in [1.29, 1.82) is 0 Å². The molecule has 0 aromatic carbocycles. The van der Waals surface area contributed by atoms with Crippen LogP contribution in [0.4, 0.5) is 0 Å². The van der Waals surface area contributed by atoms with Gasteiger partial charge in [-0.15, -0.1) is 0 Å². The largest absolute Gasteiger partial charge is 0.312 e. The average molecular weight is 200 g/mol. The molecule has 0 aliphatic rings. The Kier molecular flexibility index (Phi) is 5.10. The molecule has 0 saturated heterocycles. The molecular formula is C12H28N2. The molecule has 2 nitrogen and oxygen atoms in total. The van der Waals surface area contributed by atoms with Crippen molar-refractivity contribution in [2.45, 2.75) is 59.0 Å². The topological polar surface area (TPSA) is 15.3 Å².